The van der Waals surface area contributed by atoms with Crippen LogP contribution in [0, 0.1) is 0 Å². The average Bonchev–Trinajstić information content (AvgIpc) is 3.38. The van der Waals surface area contributed by atoms with Crippen LogP contribution in [0.25, 0.3) is 0 Å². The molecule has 206 valence electrons. The summed E-state index contributed by atoms with van der Waals surface area (Å²) in [5.74, 6) is 0.409. The van der Waals surface area contributed by atoms with Crippen molar-refractivity contribution in [1.29, 1.82) is 0 Å². The number of nitrogens with one attached hydrogen (secondary N) is 2. The summed E-state index contributed by atoms with van der Waals surface area (Å²) in [6, 6.07) is 20.9. The lowest BCUT2D eigenvalue weighted by atomic mass is 9.96. The first-order valence-corrected chi connectivity index (χ1v) is 15.4. The fraction of sp³-hybridized carbons (Fsp3) is 0.310. The fourth-order valence-electron chi connectivity index (χ4n) is 4.18. The van der Waals surface area contributed by atoms with Gasteiger partial charge in [-0.2, -0.15) is 0 Å². The molecule has 10 heteroatoms. The van der Waals surface area contributed by atoms with Crippen molar-refractivity contribution < 1.29 is 27.5 Å². The third-order valence-corrected chi connectivity index (χ3v) is 8.36. The number of alkyl carbamates (subject to hydrolysis) is 1. The molecular weight excluding hydrogens is 536 g/mol. The van der Waals surface area contributed by atoms with Crippen molar-refractivity contribution in [3.05, 3.63) is 95.1 Å². The molecule has 0 aliphatic carbocycles. The van der Waals surface area contributed by atoms with E-state index in [0.717, 1.165) is 35.1 Å². The van der Waals surface area contributed by atoms with E-state index in [2.05, 4.69) is 10.6 Å². The molecule has 1 aliphatic heterocycles. The lowest BCUT2D eigenvalue weighted by Gasteiger charge is -2.25. The minimum atomic E-state index is -3.38. The predicted octanol–water partition coefficient (Wildman–Crippen LogP) is 4.62. The van der Waals surface area contributed by atoms with Crippen molar-refractivity contribution in [1.82, 2.24) is 10.6 Å². The van der Waals surface area contributed by atoms with E-state index in [4.69, 9.17) is 9.47 Å². The zero-order chi connectivity index (χ0) is 28.0. The van der Waals surface area contributed by atoms with Crippen LogP contribution in [0.3, 0.4) is 0 Å². The van der Waals surface area contributed by atoms with Crippen molar-refractivity contribution in [3.8, 4) is 5.75 Å². The Labute approximate surface area is 233 Å². The summed E-state index contributed by atoms with van der Waals surface area (Å²) in [6.45, 7) is 4.55. The third-order valence-electron chi connectivity index (χ3n) is 6.08. The Morgan fingerprint density at radius 3 is 2.33 bits per heavy atom. The molecule has 39 heavy (non-hydrogen) atoms. The second-order valence-corrected chi connectivity index (χ2v) is 13.2. The van der Waals surface area contributed by atoms with Crippen LogP contribution in [-0.4, -0.2) is 43.9 Å². The van der Waals surface area contributed by atoms with Crippen LogP contribution in [0.2, 0.25) is 0 Å². The van der Waals surface area contributed by atoms with Crippen molar-refractivity contribution in [2.45, 2.75) is 48.4 Å². The Hall–Kier alpha value is -3.50. The van der Waals surface area contributed by atoms with Crippen LogP contribution in [-0.2, 0) is 32.4 Å². The summed E-state index contributed by atoms with van der Waals surface area (Å²) in [5.41, 5.74) is 3.40. The number of carbonyl (C=O) groups is 2. The molecule has 0 spiro atoms. The molecule has 4 rings (SSSR count). The molecule has 0 fully saturated rings. The van der Waals surface area contributed by atoms with Gasteiger partial charge in [0, 0.05) is 17.9 Å². The topological polar surface area (TPSA) is 111 Å². The zero-order valence-electron chi connectivity index (χ0n) is 22.0. The van der Waals surface area contributed by atoms with Crippen molar-refractivity contribution >= 4 is 33.6 Å². The average molecular weight is 569 g/mol. The fourth-order valence-corrected chi connectivity index (χ4v) is 5.71. The second-order valence-electron chi connectivity index (χ2n) is 9.52. The lowest BCUT2D eigenvalue weighted by molar-refractivity contribution is -0.121. The lowest BCUT2D eigenvalue weighted by Crippen LogP contribution is -2.46. The highest BCUT2D eigenvalue weighted by molar-refractivity contribution is 8.01. The number of fused-ring (bicyclic) bond motifs is 1. The largest absolute Gasteiger partial charge is 0.493 e. The van der Waals surface area contributed by atoms with Gasteiger partial charge in [-0.1, -0.05) is 62.4 Å². The van der Waals surface area contributed by atoms with Gasteiger partial charge in [0.05, 0.1) is 17.5 Å². The Kier molecular flexibility index (Phi) is 9.19. The maximum Gasteiger partial charge on any atom is 0.408 e. The van der Waals surface area contributed by atoms with Crippen LogP contribution in [0.4, 0.5) is 4.79 Å². The molecule has 2 N–H and O–H groups in total. The number of thioether (sulfide) groups is 1. The van der Waals surface area contributed by atoms with E-state index in [-0.39, 0.29) is 16.8 Å². The van der Waals surface area contributed by atoms with Gasteiger partial charge < -0.3 is 20.1 Å². The van der Waals surface area contributed by atoms with Crippen LogP contribution >= 0.6 is 11.8 Å². The van der Waals surface area contributed by atoms with E-state index >= 15 is 0 Å². The normalized spacial score (nSPS) is 14.2. The third kappa shape index (κ3) is 7.77. The molecule has 1 aliphatic rings. The number of sulfone groups is 1. The molecule has 8 nitrogen and oxygen atoms in total. The summed E-state index contributed by atoms with van der Waals surface area (Å²) in [5, 5.41) is 4.88. The van der Waals surface area contributed by atoms with Crippen molar-refractivity contribution in [3.63, 3.8) is 0 Å². The van der Waals surface area contributed by atoms with E-state index in [9.17, 15) is 18.0 Å². The molecule has 1 heterocycles. The maximum absolute atomic E-state index is 13.6. The van der Waals surface area contributed by atoms with Gasteiger partial charge >= 0.3 is 6.09 Å². The highest BCUT2D eigenvalue weighted by Crippen LogP contribution is 2.31. The molecule has 2 unspecified atom stereocenters. The maximum atomic E-state index is 13.6. The molecule has 2 amide bonds. The minimum absolute atomic E-state index is 0.0415. The number of carbonyl (C=O) groups excluding carboxylic acids is 2. The smallest absolute Gasteiger partial charge is 0.408 e. The van der Waals surface area contributed by atoms with Crippen LogP contribution in [0.15, 0.2) is 77.7 Å². The summed E-state index contributed by atoms with van der Waals surface area (Å²) in [7, 11) is -3.38. The standard InChI is InChI=1S/C29H32N2O6S2/c1-19(2)38-28(31-29(33)37-18-20-7-5-4-6-8-20)27(32)30-26(21-9-12-24(13-10-21)39(3,34)35)23-11-14-25-22(17-23)15-16-36-25/h4-14,17,19,26,28H,15-16,18H2,1-3H3,(H,30,32)(H,31,33). The van der Waals surface area contributed by atoms with Gasteiger partial charge in [-0.15, -0.1) is 11.8 Å². The molecular formula is C29H32N2O6S2. The van der Waals surface area contributed by atoms with E-state index < -0.39 is 33.3 Å². The quantitative estimate of drug-likeness (QED) is 0.343. The monoisotopic (exact) mass is 568 g/mol. The van der Waals surface area contributed by atoms with E-state index in [1.807, 2.05) is 62.4 Å². The van der Waals surface area contributed by atoms with Crippen LogP contribution < -0.4 is 15.4 Å². The molecule has 0 saturated carbocycles. The second kappa shape index (κ2) is 12.6. The van der Waals surface area contributed by atoms with Crippen LogP contribution in [0.1, 0.15) is 42.1 Å². The van der Waals surface area contributed by atoms with Gasteiger partial charge in [0.15, 0.2) is 15.2 Å². The number of hydrogen-bond acceptors (Lipinski definition) is 7. The molecule has 0 saturated heterocycles. The summed E-state index contributed by atoms with van der Waals surface area (Å²) in [6.07, 6.45) is 1.21. The van der Waals surface area contributed by atoms with E-state index in [1.54, 1.807) is 12.1 Å². The zero-order valence-corrected chi connectivity index (χ0v) is 23.7. The number of amides is 2. The van der Waals surface area contributed by atoms with Crippen molar-refractivity contribution in [2.75, 3.05) is 12.9 Å². The van der Waals surface area contributed by atoms with Gasteiger partial charge in [-0.05, 0) is 46.5 Å². The first-order valence-electron chi connectivity index (χ1n) is 12.6. The first-order chi connectivity index (χ1) is 18.6. The first kappa shape index (κ1) is 28.5. The molecule has 0 radical (unpaired) electrons. The summed E-state index contributed by atoms with van der Waals surface area (Å²) >= 11 is 1.29. The molecule has 3 aromatic carbocycles. The van der Waals surface area contributed by atoms with Gasteiger partial charge in [0.25, 0.3) is 5.91 Å². The Morgan fingerprint density at radius 2 is 1.67 bits per heavy atom. The van der Waals surface area contributed by atoms with Gasteiger partial charge in [0.1, 0.15) is 12.4 Å². The highest BCUT2D eigenvalue weighted by Gasteiger charge is 2.28. The SMILES string of the molecule is CC(C)SC(NC(=O)OCc1ccccc1)C(=O)NC(c1ccc(S(C)(=O)=O)cc1)c1ccc2c(c1)CCO2. The number of benzene rings is 3. The summed E-state index contributed by atoms with van der Waals surface area (Å²) < 4.78 is 35.0. The van der Waals surface area contributed by atoms with Gasteiger partial charge in [-0.25, -0.2) is 13.2 Å². The predicted molar refractivity (Wildman–Crippen MR) is 151 cm³/mol. The van der Waals surface area contributed by atoms with Crippen LogP contribution in [0.5, 0.6) is 5.75 Å². The molecule has 0 bridgehead atoms. The number of ether oxygens (including phenoxy) is 2. The Balaban J connectivity index is 1.56. The van der Waals surface area contributed by atoms with E-state index in [0.29, 0.717) is 12.2 Å². The number of rotatable bonds is 10. The Bertz CT molecular complexity index is 1410. The number of hydrogen-bond donors (Lipinski definition) is 2. The molecule has 3 aromatic rings. The minimum Gasteiger partial charge on any atom is -0.493 e. The van der Waals surface area contributed by atoms with Crippen molar-refractivity contribution in [2.24, 2.45) is 0 Å². The van der Waals surface area contributed by atoms with Gasteiger partial charge in [-0.3, -0.25) is 4.79 Å². The van der Waals surface area contributed by atoms with Gasteiger partial charge in [0.2, 0.25) is 0 Å². The summed E-state index contributed by atoms with van der Waals surface area (Å²) in [4.78, 5) is 26.4. The highest BCUT2D eigenvalue weighted by atomic mass is 32.2. The Morgan fingerprint density at radius 1 is 0.974 bits per heavy atom. The van der Waals surface area contributed by atoms with E-state index in [1.165, 1.54) is 23.9 Å². The molecule has 2 atom stereocenters. The molecule has 0 aromatic heterocycles.